The van der Waals surface area contributed by atoms with Gasteiger partial charge in [0.2, 0.25) is 11.9 Å². The van der Waals surface area contributed by atoms with E-state index in [9.17, 15) is 4.79 Å². The molecule has 0 N–H and O–H groups in total. The Labute approximate surface area is 183 Å². The molecule has 1 aliphatic heterocycles. The van der Waals surface area contributed by atoms with E-state index in [1.807, 2.05) is 54.4 Å². The highest BCUT2D eigenvalue weighted by atomic mass is 16.2. The minimum atomic E-state index is -0.0523. The zero-order valence-corrected chi connectivity index (χ0v) is 18.1. The first-order chi connectivity index (χ1) is 15.1. The summed E-state index contributed by atoms with van der Waals surface area (Å²) in [5.74, 6) is 0.828. The lowest BCUT2D eigenvalue weighted by atomic mass is 9.93. The molecule has 0 spiro atoms. The van der Waals surface area contributed by atoms with Crippen LogP contribution in [0.15, 0.2) is 55.2 Å². The van der Waals surface area contributed by atoms with Crippen molar-refractivity contribution in [2.24, 2.45) is 0 Å². The van der Waals surface area contributed by atoms with Gasteiger partial charge in [0.05, 0.1) is 11.7 Å². The summed E-state index contributed by atoms with van der Waals surface area (Å²) in [6.07, 6.45) is 13.2. The van der Waals surface area contributed by atoms with Crippen LogP contribution in [0.3, 0.4) is 0 Å². The van der Waals surface area contributed by atoms with Gasteiger partial charge in [-0.1, -0.05) is 0 Å². The van der Waals surface area contributed by atoms with Gasteiger partial charge in [0.15, 0.2) is 0 Å². The number of nitrogens with zero attached hydrogens (tertiary/aromatic N) is 6. The molecule has 160 valence electrons. The Hall–Kier alpha value is -3.35. The molecule has 0 aliphatic carbocycles. The van der Waals surface area contributed by atoms with Crippen LogP contribution < -0.4 is 4.90 Å². The van der Waals surface area contributed by atoms with Crippen LogP contribution in [0.1, 0.15) is 43.0 Å². The summed E-state index contributed by atoms with van der Waals surface area (Å²) in [7, 11) is 3.87. The molecule has 7 nitrogen and oxygen atoms in total. The van der Waals surface area contributed by atoms with Crippen molar-refractivity contribution in [3.63, 3.8) is 0 Å². The third-order valence-electron chi connectivity index (χ3n) is 5.71. The van der Waals surface area contributed by atoms with Crippen molar-refractivity contribution in [2.45, 2.75) is 38.1 Å². The molecule has 0 radical (unpaired) electrons. The third kappa shape index (κ3) is 4.87. The molecule has 31 heavy (non-hydrogen) atoms. The lowest BCUT2D eigenvalue weighted by Crippen LogP contribution is -2.39. The number of piperidine rings is 1. The van der Waals surface area contributed by atoms with Gasteiger partial charge in [-0.25, -0.2) is 9.97 Å². The molecule has 3 aromatic rings. The normalized spacial score (nSPS) is 16.2. The number of pyridine rings is 2. The van der Waals surface area contributed by atoms with E-state index in [4.69, 9.17) is 4.98 Å². The highest BCUT2D eigenvalue weighted by molar-refractivity contribution is 5.78. The molecule has 4 heterocycles. The second kappa shape index (κ2) is 9.64. The molecule has 7 heteroatoms. The number of carbonyl (C=O) groups excluding carboxylic acids is 1. The molecule has 3 aromatic heterocycles. The Bertz CT molecular complexity index is 1010. The zero-order chi connectivity index (χ0) is 21.6. The first-order valence-corrected chi connectivity index (χ1v) is 10.8. The fourth-order valence-corrected chi connectivity index (χ4v) is 4.07. The summed E-state index contributed by atoms with van der Waals surface area (Å²) >= 11 is 0. The second-order valence-corrected chi connectivity index (χ2v) is 8.05. The van der Waals surface area contributed by atoms with Crippen molar-refractivity contribution in [1.29, 1.82) is 0 Å². The van der Waals surface area contributed by atoms with Gasteiger partial charge in [-0.2, -0.15) is 0 Å². The Morgan fingerprint density at radius 3 is 2.48 bits per heavy atom. The first kappa shape index (κ1) is 20.9. The first-order valence-electron chi connectivity index (χ1n) is 10.8. The summed E-state index contributed by atoms with van der Waals surface area (Å²) in [6.45, 7) is 0.761. The number of aryl methyl sites for hydroxylation is 1. The van der Waals surface area contributed by atoms with Crippen molar-refractivity contribution >= 4 is 11.9 Å². The number of likely N-dealkylation sites (tertiary alicyclic amines) is 1. The van der Waals surface area contributed by atoms with E-state index in [0.29, 0.717) is 18.8 Å². The Kier molecular flexibility index (Phi) is 6.50. The number of hydrogen-bond acceptors (Lipinski definition) is 6. The van der Waals surface area contributed by atoms with Gasteiger partial charge < -0.3 is 9.80 Å². The molecule has 0 saturated carbocycles. The summed E-state index contributed by atoms with van der Waals surface area (Å²) in [4.78, 5) is 34.8. The fraction of sp³-hybridized carbons (Fsp3) is 0.375. The van der Waals surface area contributed by atoms with E-state index >= 15 is 0 Å². The maximum atomic E-state index is 13.3. The van der Waals surface area contributed by atoms with Crippen LogP contribution in [0, 0.1) is 0 Å². The van der Waals surface area contributed by atoms with Crippen LogP contribution in [0.2, 0.25) is 0 Å². The van der Waals surface area contributed by atoms with Crippen LogP contribution in [0.25, 0.3) is 11.1 Å². The molecule has 1 atom stereocenters. The highest BCUT2D eigenvalue weighted by Crippen LogP contribution is 2.36. The average Bonchev–Trinajstić information content (AvgIpc) is 2.83. The Balaban J connectivity index is 1.65. The van der Waals surface area contributed by atoms with Gasteiger partial charge >= 0.3 is 0 Å². The van der Waals surface area contributed by atoms with Crippen molar-refractivity contribution in [2.75, 3.05) is 25.5 Å². The van der Waals surface area contributed by atoms with Gasteiger partial charge in [0.25, 0.3) is 0 Å². The SMILES string of the molecule is CN(C)c1ncc(-c2ccncc2)c([C@H]2CCCCN2C(=O)CCc2ccncc2)n1. The quantitative estimate of drug-likeness (QED) is 0.610. The summed E-state index contributed by atoms with van der Waals surface area (Å²) in [6, 6.07) is 7.82. The minimum absolute atomic E-state index is 0.0523. The number of carbonyl (C=O) groups is 1. The average molecular weight is 417 g/mol. The van der Waals surface area contributed by atoms with Crippen molar-refractivity contribution in [3.8, 4) is 11.1 Å². The minimum Gasteiger partial charge on any atom is -0.347 e. The van der Waals surface area contributed by atoms with Gasteiger partial charge in [-0.3, -0.25) is 14.8 Å². The van der Waals surface area contributed by atoms with Gasteiger partial charge in [-0.05, 0) is 61.1 Å². The van der Waals surface area contributed by atoms with E-state index < -0.39 is 0 Å². The third-order valence-corrected chi connectivity index (χ3v) is 5.71. The van der Waals surface area contributed by atoms with E-state index in [1.54, 1.807) is 24.8 Å². The van der Waals surface area contributed by atoms with E-state index in [1.165, 1.54) is 0 Å². The summed E-state index contributed by atoms with van der Waals surface area (Å²) in [5, 5.41) is 0. The van der Waals surface area contributed by atoms with Crippen LogP contribution in [0.4, 0.5) is 5.95 Å². The predicted molar refractivity (Wildman–Crippen MR) is 120 cm³/mol. The fourth-order valence-electron chi connectivity index (χ4n) is 4.07. The van der Waals surface area contributed by atoms with Crippen molar-refractivity contribution in [3.05, 3.63) is 66.5 Å². The van der Waals surface area contributed by atoms with E-state index in [2.05, 4.69) is 15.0 Å². The molecular weight excluding hydrogens is 388 g/mol. The topological polar surface area (TPSA) is 75.1 Å². The standard InChI is InChI=1S/C24H28N6O/c1-29(2)24-27-17-20(19-10-14-26-15-11-19)23(28-24)21-5-3-4-16-30(21)22(31)7-6-18-8-12-25-13-9-18/h8-15,17,21H,3-7,16H2,1-2H3/t21-/m1/s1. The maximum Gasteiger partial charge on any atom is 0.225 e. The van der Waals surface area contributed by atoms with Crippen LogP contribution in [-0.4, -0.2) is 51.4 Å². The molecule has 1 fully saturated rings. The van der Waals surface area contributed by atoms with Crippen LogP contribution in [-0.2, 0) is 11.2 Å². The lowest BCUT2D eigenvalue weighted by Gasteiger charge is -2.36. The highest BCUT2D eigenvalue weighted by Gasteiger charge is 2.31. The summed E-state index contributed by atoms with van der Waals surface area (Å²) in [5.41, 5.74) is 4.03. The van der Waals surface area contributed by atoms with Crippen molar-refractivity contribution < 1.29 is 4.79 Å². The number of aromatic nitrogens is 4. The number of amides is 1. The Morgan fingerprint density at radius 2 is 1.77 bits per heavy atom. The largest absolute Gasteiger partial charge is 0.347 e. The molecular formula is C24H28N6O. The number of rotatable bonds is 6. The molecule has 0 unspecified atom stereocenters. The smallest absolute Gasteiger partial charge is 0.225 e. The molecule has 1 amide bonds. The lowest BCUT2D eigenvalue weighted by molar-refractivity contribution is -0.135. The van der Waals surface area contributed by atoms with E-state index in [0.717, 1.165) is 48.2 Å². The predicted octanol–water partition coefficient (Wildman–Crippen LogP) is 3.69. The molecule has 0 aromatic carbocycles. The number of anilines is 1. The Morgan fingerprint density at radius 1 is 1.06 bits per heavy atom. The summed E-state index contributed by atoms with van der Waals surface area (Å²) < 4.78 is 0. The van der Waals surface area contributed by atoms with E-state index in [-0.39, 0.29) is 11.9 Å². The molecule has 4 rings (SSSR count). The van der Waals surface area contributed by atoms with Gasteiger partial charge in [-0.15, -0.1) is 0 Å². The van der Waals surface area contributed by atoms with Crippen molar-refractivity contribution in [1.82, 2.24) is 24.8 Å². The van der Waals surface area contributed by atoms with Gasteiger partial charge in [0, 0.05) is 63.6 Å². The van der Waals surface area contributed by atoms with Crippen LogP contribution in [0.5, 0.6) is 0 Å². The second-order valence-electron chi connectivity index (χ2n) is 8.05. The zero-order valence-electron chi connectivity index (χ0n) is 18.1. The van der Waals surface area contributed by atoms with Crippen LogP contribution >= 0.6 is 0 Å². The molecule has 1 aliphatic rings. The van der Waals surface area contributed by atoms with Gasteiger partial charge in [0.1, 0.15) is 0 Å². The monoisotopic (exact) mass is 416 g/mol. The number of hydrogen-bond donors (Lipinski definition) is 0. The molecule has 0 bridgehead atoms. The maximum absolute atomic E-state index is 13.3. The molecule has 1 saturated heterocycles.